The summed E-state index contributed by atoms with van der Waals surface area (Å²) in [6.07, 6.45) is -19.6. The summed E-state index contributed by atoms with van der Waals surface area (Å²) in [4.78, 5) is 0. The first-order chi connectivity index (χ1) is 11.9. The van der Waals surface area contributed by atoms with Gasteiger partial charge in [-0.2, -0.15) is 39.5 Å². The van der Waals surface area contributed by atoms with Gasteiger partial charge in [0.25, 0.3) is 5.60 Å². The molecule has 0 saturated heterocycles. The van der Waals surface area contributed by atoms with E-state index in [1.54, 1.807) is 0 Å². The molecule has 1 aromatic rings. The number of alkyl halides is 9. The molecule has 0 amide bonds. The number of hydrogen-bond donors (Lipinski definition) is 0. The van der Waals surface area contributed by atoms with Gasteiger partial charge in [0.05, 0.1) is 17.8 Å². The Labute approximate surface area is 149 Å². The lowest BCUT2D eigenvalue weighted by Crippen LogP contribution is -2.57. The molecule has 0 N–H and O–H groups in total. The Morgan fingerprint density at radius 1 is 0.741 bits per heavy atom. The summed E-state index contributed by atoms with van der Waals surface area (Å²) in [6.45, 7) is 4.38. The minimum absolute atomic E-state index is 0.0872. The molecular weight excluding hydrogens is 395 g/mol. The van der Waals surface area contributed by atoms with E-state index >= 15 is 0 Å². The Kier molecular flexibility index (Phi) is 6.41. The summed E-state index contributed by atoms with van der Waals surface area (Å²) < 4.78 is 130. The Morgan fingerprint density at radius 3 is 1.56 bits per heavy atom. The summed E-state index contributed by atoms with van der Waals surface area (Å²) >= 11 is 0. The van der Waals surface area contributed by atoms with Crippen molar-refractivity contribution in [2.45, 2.75) is 64.0 Å². The van der Waals surface area contributed by atoms with Gasteiger partial charge in [-0.25, -0.2) is 0 Å². The first-order valence-electron chi connectivity index (χ1n) is 7.63. The van der Waals surface area contributed by atoms with Gasteiger partial charge in [0.2, 0.25) is 0 Å². The zero-order valence-electron chi connectivity index (χ0n) is 14.6. The van der Waals surface area contributed by atoms with Crippen molar-refractivity contribution in [3.05, 3.63) is 29.3 Å². The molecule has 0 radical (unpaired) electrons. The Hall–Kier alpha value is -1.65. The molecule has 156 valence electrons. The van der Waals surface area contributed by atoms with Crippen LogP contribution in [-0.4, -0.2) is 24.6 Å². The van der Waals surface area contributed by atoms with Crippen LogP contribution in [-0.2, 0) is 16.5 Å². The van der Waals surface area contributed by atoms with E-state index in [-0.39, 0.29) is 18.2 Å². The molecule has 0 aliphatic heterocycles. The van der Waals surface area contributed by atoms with Gasteiger partial charge in [-0.15, -0.1) is 0 Å². The molecule has 0 spiro atoms. The van der Waals surface area contributed by atoms with Crippen LogP contribution in [0, 0.1) is 0 Å². The third-order valence-electron chi connectivity index (χ3n) is 3.26. The van der Waals surface area contributed by atoms with Crippen molar-refractivity contribution in [1.29, 1.82) is 0 Å². The zero-order chi connectivity index (χ0) is 21.4. The van der Waals surface area contributed by atoms with E-state index in [1.165, 1.54) is 13.8 Å². The van der Waals surface area contributed by atoms with Gasteiger partial charge in [-0.1, -0.05) is 6.07 Å². The molecular formula is C16H17F9O2. The number of halogens is 9. The summed E-state index contributed by atoms with van der Waals surface area (Å²) in [5, 5.41) is 0. The van der Waals surface area contributed by atoms with Crippen molar-refractivity contribution >= 4 is 0 Å². The van der Waals surface area contributed by atoms with E-state index in [9.17, 15) is 39.5 Å². The van der Waals surface area contributed by atoms with Crippen LogP contribution in [0.15, 0.2) is 18.2 Å². The average molecular weight is 412 g/mol. The summed E-state index contributed by atoms with van der Waals surface area (Å²) in [5.74, 6) is -1.21. The van der Waals surface area contributed by atoms with Crippen LogP contribution >= 0.6 is 0 Å². The van der Waals surface area contributed by atoms with Crippen LogP contribution in [0.1, 0.15) is 38.8 Å². The van der Waals surface area contributed by atoms with Gasteiger partial charge >= 0.3 is 18.5 Å². The lowest BCUT2D eigenvalue weighted by molar-refractivity contribution is -0.397. The quantitative estimate of drug-likeness (QED) is 0.534. The molecule has 1 rings (SSSR count). The number of ether oxygens (including phenoxy) is 2. The maximum atomic E-state index is 13.6. The maximum absolute atomic E-state index is 13.6. The molecule has 27 heavy (non-hydrogen) atoms. The van der Waals surface area contributed by atoms with Gasteiger partial charge in [-0.05, 0) is 39.8 Å². The van der Waals surface area contributed by atoms with E-state index in [0.29, 0.717) is 0 Å². The predicted molar refractivity (Wildman–Crippen MR) is 77.2 cm³/mol. The van der Waals surface area contributed by atoms with Crippen LogP contribution in [0.25, 0.3) is 0 Å². The molecule has 0 heterocycles. The van der Waals surface area contributed by atoms with Crippen molar-refractivity contribution in [3.8, 4) is 5.75 Å². The fourth-order valence-electron chi connectivity index (χ4n) is 2.36. The zero-order valence-corrected chi connectivity index (χ0v) is 14.6. The van der Waals surface area contributed by atoms with Gasteiger partial charge in [-0.3, -0.25) is 0 Å². The van der Waals surface area contributed by atoms with Crippen molar-refractivity contribution in [1.82, 2.24) is 0 Å². The molecule has 0 saturated carbocycles. The van der Waals surface area contributed by atoms with E-state index in [1.807, 2.05) is 0 Å². The van der Waals surface area contributed by atoms with Gasteiger partial charge in [0, 0.05) is 5.56 Å². The monoisotopic (exact) mass is 412 g/mol. The van der Waals surface area contributed by atoms with E-state index < -0.39 is 53.2 Å². The van der Waals surface area contributed by atoms with E-state index in [2.05, 4.69) is 4.74 Å². The molecule has 0 aromatic heterocycles. The van der Waals surface area contributed by atoms with Crippen molar-refractivity contribution in [2.24, 2.45) is 0 Å². The summed E-state index contributed by atoms with van der Waals surface area (Å²) in [6, 6.07) is 0.313. The lowest BCUT2D eigenvalue weighted by atomic mass is 9.89. The largest absolute Gasteiger partial charge is 0.491 e. The van der Waals surface area contributed by atoms with Crippen LogP contribution in [0.5, 0.6) is 5.75 Å². The molecule has 1 aromatic carbocycles. The van der Waals surface area contributed by atoms with E-state index in [4.69, 9.17) is 4.74 Å². The Balaban J connectivity index is 3.90. The standard InChI is InChI=1S/C16H17F9O2/c1-8(2)26-12-7-10(14(17,18)19)5-6-11(12)13(15(20,21)22,16(23,24)25)27-9(3)4/h5-9H,1-4H3. The average Bonchev–Trinajstić information content (AvgIpc) is 2.40. The Morgan fingerprint density at radius 2 is 1.22 bits per heavy atom. The maximum Gasteiger partial charge on any atom is 0.431 e. The second kappa shape index (κ2) is 7.40. The highest BCUT2D eigenvalue weighted by atomic mass is 19.4. The Bertz CT molecular complexity index is 629. The normalized spacial score (nSPS) is 14.2. The molecule has 0 bridgehead atoms. The number of benzene rings is 1. The van der Waals surface area contributed by atoms with Crippen molar-refractivity contribution in [3.63, 3.8) is 0 Å². The highest BCUT2D eigenvalue weighted by Crippen LogP contribution is 2.56. The highest BCUT2D eigenvalue weighted by Gasteiger charge is 2.74. The second-order valence-corrected chi connectivity index (χ2v) is 6.22. The van der Waals surface area contributed by atoms with Crippen LogP contribution in [0.3, 0.4) is 0 Å². The predicted octanol–water partition coefficient (Wildman–Crippen LogP) is 6.24. The first-order valence-corrected chi connectivity index (χ1v) is 7.63. The van der Waals surface area contributed by atoms with Crippen molar-refractivity contribution in [2.75, 3.05) is 0 Å². The molecule has 0 atom stereocenters. The fraction of sp³-hybridized carbons (Fsp3) is 0.625. The summed E-state index contributed by atoms with van der Waals surface area (Å²) in [5.41, 5.74) is -7.91. The minimum atomic E-state index is -6.02. The highest BCUT2D eigenvalue weighted by molar-refractivity contribution is 5.44. The van der Waals surface area contributed by atoms with Gasteiger partial charge < -0.3 is 9.47 Å². The third kappa shape index (κ3) is 4.80. The lowest BCUT2D eigenvalue weighted by Gasteiger charge is -2.39. The van der Waals surface area contributed by atoms with Crippen LogP contribution < -0.4 is 4.74 Å². The molecule has 0 aliphatic rings. The first kappa shape index (κ1) is 23.4. The smallest absolute Gasteiger partial charge is 0.431 e. The molecule has 0 aliphatic carbocycles. The van der Waals surface area contributed by atoms with Crippen LogP contribution in [0.4, 0.5) is 39.5 Å². The van der Waals surface area contributed by atoms with Gasteiger partial charge in [0.15, 0.2) is 0 Å². The van der Waals surface area contributed by atoms with Gasteiger partial charge in [0.1, 0.15) is 5.75 Å². The van der Waals surface area contributed by atoms with Crippen molar-refractivity contribution < 1.29 is 49.0 Å². The van der Waals surface area contributed by atoms with Crippen LogP contribution in [0.2, 0.25) is 0 Å². The summed E-state index contributed by atoms with van der Waals surface area (Å²) in [7, 11) is 0. The molecule has 0 unspecified atom stereocenters. The topological polar surface area (TPSA) is 18.5 Å². The third-order valence-corrected chi connectivity index (χ3v) is 3.26. The van der Waals surface area contributed by atoms with E-state index in [0.717, 1.165) is 13.8 Å². The molecule has 2 nitrogen and oxygen atoms in total. The molecule has 11 heteroatoms. The second-order valence-electron chi connectivity index (χ2n) is 6.22. The SMILES string of the molecule is CC(C)Oc1cc(C(F)(F)F)ccc1C(OC(C)C)(C(F)(F)F)C(F)(F)F. The fourth-order valence-corrected chi connectivity index (χ4v) is 2.36. The minimum Gasteiger partial charge on any atom is -0.491 e. The molecule has 0 fully saturated rings. The number of rotatable bonds is 5. The number of hydrogen-bond acceptors (Lipinski definition) is 2.